The van der Waals surface area contributed by atoms with E-state index in [2.05, 4.69) is 29.4 Å². The van der Waals surface area contributed by atoms with Crippen LogP contribution in [0.1, 0.15) is 20.3 Å². The molecule has 0 fully saturated rings. The average molecular weight is 244 g/mol. The second kappa shape index (κ2) is 6.75. The Balaban J connectivity index is 2.56. The van der Waals surface area contributed by atoms with E-state index in [9.17, 15) is 4.79 Å². The van der Waals surface area contributed by atoms with Gasteiger partial charge in [-0.1, -0.05) is 25.6 Å². The Morgan fingerprint density at radius 2 is 2.38 bits per heavy atom. The second-order valence-electron chi connectivity index (χ2n) is 3.94. The van der Waals surface area contributed by atoms with Crippen LogP contribution in [0.3, 0.4) is 0 Å². The number of hydrogen-bond acceptors (Lipinski definition) is 4. The molecule has 1 aromatic rings. The lowest BCUT2D eigenvalue weighted by Crippen LogP contribution is -2.19. The fourth-order valence-electron chi connectivity index (χ4n) is 1.46. The monoisotopic (exact) mass is 244 g/mol. The molecule has 1 rings (SSSR count). The van der Waals surface area contributed by atoms with Gasteiger partial charge in [0.2, 0.25) is 0 Å². The SMILES string of the molecule is CCCn1c(SCC(C)CNC)n[nH]c1=O. The molecule has 2 N–H and O–H groups in total. The fourth-order valence-corrected chi connectivity index (χ4v) is 2.45. The molecule has 0 saturated carbocycles. The Kier molecular flexibility index (Phi) is 5.62. The molecule has 0 spiro atoms. The Bertz CT molecular complexity index is 360. The molecule has 0 aliphatic heterocycles. The maximum atomic E-state index is 11.4. The minimum absolute atomic E-state index is 0.106. The quantitative estimate of drug-likeness (QED) is 0.700. The van der Waals surface area contributed by atoms with Gasteiger partial charge in [-0.15, -0.1) is 5.10 Å². The standard InChI is InChI=1S/C10H20N4OS/c1-4-5-14-9(15)12-13-10(14)16-7-8(2)6-11-3/h8,11H,4-7H2,1-3H3,(H,12,15). The molecule has 1 unspecified atom stereocenters. The summed E-state index contributed by atoms with van der Waals surface area (Å²) in [5.41, 5.74) is -0.106. The van der Waals surface area contributed by atoms with Crippen LogP contribution < -0.4 is 11.0 Å². The van der Waals surface area contributed by atoms with E-state index in [1.54, 1.807) is 16.3 Å². The first kappa shape index (κ1) is 13.3. The highest BCUT2D eigenvalue weighted by Gasteiger charge is 2.09. The maximum absolute atomic E-state index is 11.4. The van der Waals surface area contributed by atoms with Crippen LogP contribution in [0.25, 0.3) is 0 Å². The number of aromatic amines is 1. The van der Waals surface area contributed by atoms with Gasteiger partial charge in [0.1, 0.15) is 0 Å². The van der Waals surface area contributed by atoms with Crippen LogP contribution in [-0.4, -0.2) is 34.1 Å². The lowest BCUT2D eigenvalue weighted by Gasteiger charge is -2.09. The van der Waals surface area contributed by atoms with E-state index in [1.165, 1.54) is 0 Å². The number of H-pyrrole nitrogens is 1. The van der Waals surface area contributed by atoms with Crippen LogP contribution in [-0.2, 0) is 6.54 Å². The summed E-state index contributed by atoms with van der Waals surface area (Å²) in [6, 6.07) is 0. The van der Waals surface area contributed by atoms with Crippen molar-refractivity contribution in [2.24, 2.45) is 5.92 Å². The molecule has 0 radical (unpaired) electrons. The third kappa shape index (κ3) is 3.68. The van der Waals surface area contributed by atoms with Gasteiger partial charge in [0, 0.05) is 12.3 Å². The predicted octanol–water partition coefficient (Wildman–Crippen LogP) is 0.929. The second-order valence-corrected chi connectivity index (χ2v) is 4.92. The van der Waals surface area contributed by atoms with Gasteiger partial charge in [-0.2, -0.15) is 0 Å². The summed E-state index contributed by atoms with van der Waals surface area (Å²) in [5, 5.41) is 10.5. The Labute approximate surface area is 100 Å². The van der Waals surface area contributed by atoms with E-state index in [0.717, 1.165) is 30.4 Å². The Morgan fingerprint density at radius 3 is 3.00 bits per heavy atom. The summed E-state index contributed by atoms with van der Waals surface area (Å²) >= 11 is 1.64. The van der Waals surface area contributed by atoms with Gasteiger partial charge in [-0.3, -0.25) is 4.57 Å². The topological polar surface area (TPSA) is 62.7 Å². The largest absolute Gasteiger partial charge is 0.343 e. The van der Waals surface area contributed by atoms with E-state index < -0.39 is 0 Å². The summed E-state index contributed by atoms with van der Waals surface area (Å²) in [6.45, 7) is 5.95. The summed E-state index contributed by atoms with van der Waals surface area (Å²) in [4.78, 5) is 11.4. The summed E-state index contributed by atoms with van der Waals surface area (Å²) in [7, 11) is 1.95. The van der Waals surface area contributed by atoms with Gasteiger partial charge >= 0.3 is 5.69 Å². The zero-order valence-corrected chi connectivity index (χ0v) is 10.9. The number of nitrogens with zero attached hydrogens (tertiary/aromatic N) is 2. The highest BCUT2D eigenvalue weighted by Crippen LogP contribution is 2.16. The first-order valence-corrected chi connectivity index (χ1v) is 6.60. The minimum atomic E-state index is -0.106. The van der Waals surface area contributed by atoms with Gasteiger partial charge in [0.25, 0.3) is 0 Å². The normalized spacial score (nSPS) is 12.9. The zero-order chi connectivity index (χ0) is 12.0. The molecule has 6 heteroatoms. The average Bonchev–Trinajstić information content (AvgIpc) is 2.59. The summed E-state index contributed by atoms with van der Waals surface area (Å²) in [5.74, 6) is 1.53. The highest BCUT2D eigenvalue weighted by molar-refractivity contribution is 7.99. The molecule has 1 heterocycles. The third-order valence-electron chi connectivity index (χ3n) is 2.22. The fraction of sp³-hybridized carbons (Fsp3) is 0.800. The molecule has 5 nitrogen and oxygen atoms in total. The first-order valence-electron chi connectivity index (χ1n) is 5.61. The molecule has 0 saturated heterocycles. The van der Waals surface area contributed by atoms with Gasteiger partial charge in [0.05, 0.1) is 0 Å². The van der Waals surface area contributed by atoms with Crippen molar-refractivity contribution in [3.63, 3.8) is 0 Å². The molecule has 92 valence electrons. The van der Waals surface area contributed by atoms with Crippen molar-refractivity contribution in [2.75, 3.05) is 19.3 Å². The molecule has 0 amide bonds. The van der Waals surface area contributed by atoms with Crippen molar-refractivity contribution < 1.29 is 0 Å². The van der Waals surface area contributed by atoms with Crippen molar-refractivity contribution in [2.45, 2.75) is 32.0 Å². The van der Waals surface area contributed by atoms with Crippen molar-refractivity contribution >= 4 is 11.8 Å². The van der Waals surface area contributed by atoms with Crippen molar-refractivity contribution in [3.8, 4) is 0 Å². The smallest absolute Gasteiger partial charge is 0.319 e. The number of hydrogen-bond donors (Lipinski definition) is 2. The van der Waals surface area contributed by atoms with Crippen molar-refractivity contribution in [1.82, 2.24) is 20.1 Å². The van der Waals surface area contributed by atoms with Crippen molar-refractivity contribution in [1.29, 1.82) is 0 Å². The third-order valence-corrected chi connectivity index (χ3v) is 3.53. The summed E-state index contributed by atoms with van der Waals surface area (Å²) < 4.78 is 1.71. The number of aromatic nitrogens is 3. The highest BCUT2D eigenvalue weighted by atomic mass is 32.2. The molecule has 0 aromatic carbocycles. The Hall–Kier alpha value is -0.750. The van der Waals surface area contributed by atoms with Crippen LogP contribution in [0.4, 0.5) is 0 Å². The molecule has 1 aromatic heterocycles. The number of thioether (sulfide) groups is 1. The molecule has 0 aliphatic rings. The van der Waals surface area contributed by atoms with Gasteiger partial charge < -0.3 is 5.32 Å². The maximum Gasteiger partial charge on any atom is 0.343 e. The molecule has 1 atom stereocenters. The van der Waals surface area contributed by atoms with Gasteiger partial charge in [0.15, 0.2) is 5.16 Å². The van der Waals surface area contributed by atoms with Gasteiger partial charge in [-0.25, -0.2) is 9.89 Å². The first-order chi connectivity index (χ1) is 7.69. The molecule has 0 aliphatic carbocycles. The predicted molar refractivity (Wildman–Crippen MR) is 67.0 cm³/mol. The van der Waals surface area contributed by atoms with E-state index in [-0.39, 0.29) is 5.69 Å². The Morgan fingerprint density at radius 1 is 1.62 bits per heavy atom. The van der Waals surface area contributed by atoms with Crippen LogP contribution in [0.5, 0.6) is 0 Å². The molecular formula is C10H20N4OS. The van der Waals surface area contributed by atoms with Crippen molar-refractivity contribution in [3.05, 3.63) is 10.5 Å². The van der Waals surface area contributed by atoms with E-state index in [0.29, 0.717) is 5.92 Å². The number of rotatable bonds is 7. The van der Waals surface area contributed by atoms with Crippen LogP contribution in [0, 0.1) is 5.92 Å². The van der Waals surface area contributed by atoms with E-state index in [1.807, 2.05) is 7.05 Å². The number of nitrogens with one attached hydrogen (secondary N) is 2. The van der Waals surface area contributed by atoms with Crippen LogP contribution in [0.15, 0.2) is 9.95 Å². The lowest BCUT2D eigenvalue weighted by atomic mass is 10.2. The van der Waals surface area contributed by atoms with Crippen LogP contribution in [0.2, 0.25) is 0 Å². The van der Waals surface area contributed by atoms with E-state index >= 15 is 0 Å². The zero-order valence-electron chi connectivity index (χ0n) is 10.1. The molecule has 0 bridgehead atoms. The molecular weight excluding hydrogens is 224 g/mol. The molecule has 16 heavy (non-hydrogen) atoms. The van der Waals surface area contributed by atoms with Crippen LogP contribution >= 0.6 is 11.8 Å². The lowest BCUT2D eigenvalue weighted by molar-refractivity contribution is 0.590. The summed E-state index contributed by atoms with van der Waals surface area (Å²) in [6.07, 6.45) is 0.944. The van der Waals surface area contributed by atoms with Gasteiger partial charge in [-0.05, 0) is 25.9 Å². The van der Waals surface area contributed by atoms with E-state index in [4.69, 9.17) is 0 Å². The minimum Gasteiger partial charge on any atom is -0.319 e.